The molecule has 0 radical (unpaired) electrons. The number of hydrogen-bond acceptors (Lipinski definition) is 3. The zero-order valence-corrected chi connectivity index (χ0v) is 12.8. The maximum absolute atomic E-state index is 12.4. The molecule has 5 nitrogen and oxygen atoms in total. The Balaban J connectivity index is 2.05. The summed E-state index contributed by atoms with van der Waals surface area (Å²) >= 11 is 3.29. The number of nitrogens with zero attached hydrogens (tertiary/aromatic N) is 1. The van der Waals surface area contributed by atoms with Gasteiger partial charge in [-0.05, 0) is 31.0 Å². The van der Waals surface area contributed by atoms with E-state index in [2.05, 4.69) is 21.2 Å². The van der Waals surface area contributed by atoms with E-state index in [1.807, 2.05) is 0 Å². The Kier molecular flexibility index (Phi) is 4.65. The number of rotatable bonds is 2. The highest BCUT2D eigenvalue weighted by molar-refractivity contribution is 9.10. The first-order chi connectivity index (χ1) is 9.52. The van der Waals surface area contributed by atoms with Crippen LogP contribution in [0.4, 0.5) is 0 Å². The number of likely N-dealkylation sites (tertiary alicyclic amines) is 1. The molecule has 0 atom stereocenters. The molecule has 0 spiro atoms. The summed E-state index contributed by atoms with van der Waals surface area (Å²) < 4.78 is 0.749. The van der Waals surface area contributed by atoms with Crippen LogP contribution in [0.1, 0.15) is 23.2 Å². The number of benzene rings is 1. The lowest BCUT2D eigenvalue weighted by Gasteiger charge is -2.31. The number of aromatic hydroxyl groups is 1. The number of carbonyl (C=O) groups is 2. The predicted molar refractivity (Wildman–Crippen MR) is 78.5 cm³/mol. The molecule has 2 N–H and O–H groups in total. The van der Waals surface area contributed by atoms with Crippen molar-refractivity contribution in [2.75, 3.05) is 20.1 Å². The molecule has 108 valence electrons. The van der Waals surface area contributed by atoms with Crippen molar-refractivity contribution in [3.8, 4) is 5.75 Å². The zero-order chi connectivity index (χ0) is 14.7. The second-order valence-corrected chi connectivity index (χ2v) is 5.76. The topological polar surface area (TPSA) is 69.6 Å². The number of phenols is 1. The largest absolute Gasteiger partial charge is 0.507 e. The van der Waals surface area contributed by atoms with Gasteiger partial charge in [0.25, 0.3) is 5.91 Å². The molecule has 1 aromatic carbocycles. The molecule has 20 heavy (non-hydrogen) atoms. The number of piperidine rings is 1. The van der Waals surface area contributed by atoms with Crippen LogP contribution in [-0.4, -0.2) is 42.0 Å². The molecule has 2 rings (SSSR count). The molecule has 0 saturated carbocycles. The number of carbonyl (C=O) groups excluding carboxylic acids is 2. The summed E-state index contributed by atoms with van der Waals surface area (Å²) in [6.07, 6.45) is 1.31. The molecule has 0 aromatic heterocycles. The van der Waals surface area contributed by atoms with E-state index in [0.717, 1.165) is 4.47 Å². The monoisotopic (exact) mass is 340 g/mol. The fourth-order valence-electron chi connectivity index (χ4n) is 2.40. The van der Waals surface area contributed by atoms with Gasteiger partial charge in [0.05, 0.1) is 5.56 Å². The predicted octanol–water partition coefficient (Wildman–Crippen LogP) is 1.75. The van der Waals surface area contributed by atoms with Crippen molar-refractivity contribution in [3.05, 3.63) is 28.2 Å². The Hall–Kier alpha value is -1.56. The standard InChI is InChI=1S/C14H17BrN2O3/c1-16-13(19)9-4-6-17(7-5-9)14(20)11-8-10(15)2-3-12(11)18/h2-3,8-9,18H,4-7H2,1H3,(H,16,19). The van der Waals surface area contributed by atoms with Crippen molar-refractivity contribution in [2.45, 2.75) is 12.8 Å². The third-order valence-electron chi connectivity index (χ3n) is 3.59. The number of nitrogens with one attached hydrogen (secondary N) is 1. The average molecular weight is 341 g/mol. The first-order valence-electron chi connectivity index (χ1n) is 6.52. The van der Waals surface area contributed by atoms with Gasteiger partial charge in [0.2, 0.25) is 5.91 Å². The fraction of sp³-hybridized carbons (Fsp3) is 0.429. The summed E-state index contributed by atoms with van der Waals surface area (Å²) in [6, 6.07) is 4.79. The van der Waals surface area contributed by atoms with E-state index in [0.29, 0.717) is 25.9 Å². The van der Waals surface area contributed by atoms with Crippen molar-refractivity contribution in [1.29, 1.82) is 0 Å². The summed E-state index contributed by atoms with van der Waals surface area (Å²) in [5, 5.41) is 12.4. The lowest BCUT2D eigenvalue weighted by molar-refractivity contribution is -0.125. The van der Waals surface area contributed by atoms with Gasteiger partial charge >= 0.3 is 0 Å². The van der Waals surface area contributed by atoms with Crippen LogP contribution in [0, 0.1) is 5.92 Å². The quantitative estimate of drug-likeness (QED) is 0.861. The van der Waals surface area contributed by atoms with E-state index >= 15 is 0 Å². The summed E-state index contributed by atoms with van der Waals surface area (Å²) in [4.78, 5) is 25.6. The van der Waals surface area contributed by atoms with Crippen LogP contribution in [0.15, 0.2) is 22.7 Å². The highest BCUT2D eigenvalue weighted by atomic mass is 79.9. The number of amides is 2. The molecule has 0 aliphatic carbocycles. The molecule has 0 unspecified atom stereocenters. The van der Waals surface area contributed by atoms with Gasteiger partial charge in [0.15, 0.2) is 0 Å². The highest BCUT2D eigenvalue weighted by Crippen LogP contribution is 2.25. The van der Waals surface area contributed by atoms with E-state index < -0.39 is 0 Å². The highest BCUT2D eigenvalue weighted by Gasteiger charge is 2.28. The van der Waals surface area contributed by atoms with Crippen molar-refractivity contribution in [2.24, 2.45) is 5.92 Å². The van der Waals surface area contributed by atoms with Crippen LogP contribution in [0.5, 0.6) is 5.75 Å². The molecule has 6 heteroatoms. The van der Waals surface area contributed by atoms with Gasteiger partial charge in [-0.1, -0.05) is 15.9 Å². The van der Waals surface area contributed by atoms with Crippen LogP contribution in [0.3, 0.4) is 0 Å². The van der Waals surface area contributed by atoms with Gasteiger partial charge < -0.3 is 15.3 Å². The summed E-state index contributed by atoms with van der Waals surface area (Å²) in [7, 11) is 1.62. The fourth-order valence-corrected chi connectivity index (χ4v) is 2.76. The van der Waals surface area contributed by atoms with E-state index in [1.165, 1.54) is 6.07 Å². The third-order valence-corrected chi connectivity index (χ3v) is 4.08. The normalized spacial score (nSPS) is 16.0. The first-order valence-corrected chi connectivity index (χ1v) is 7.31. The lowest BCUT2D eigenvalue weighted by atomic mass is 9.95. The summed E-state index contributed by atoms with van der Waals surface area (Å²) in [5.41, 5.74) is 0.290. The Labute approximate surface area is 126 Å². The van der Waals surface area contributed by atoms with E-state index in [9.17, 15) is 14.7 Å². The number of halogens is 1. The zero-order valence-electron chi connectivity index (χ0n) is 11.2. The SMILES string of the molecule is CNC(=O)C1CCN(C(=O)c2cc(Br)ccc2O)CC1. The van der Waals surface area contributed by atoms with Gasteiger partial charge in [-0.3, -0.25) is 9.59 Å². The minimum absolute atomic E-state index is 0.0216. The second-order valence-electron chi connectivity index (χ2n) is 4.84. The first kappa shape index (κ1) is 14.8. The molecule has 1 aromatic rings. The third kappa shape index (κ3) is 3.12. The van der Waals surface area contributed by atoms with Gasteiger partial charge in [-0.25, -0.2) is 0 Å². The molecule has 1 aliphatic rings. The van der Waals surface area contributed by atoms with Crippen molar-refractivity contribution in [1.82, 2.24) is 10.2 Å². The van der Waals surface area contributed by atoms with Crippen molar-refractivity contribution < 1.29 is 14.7 Å². The van der Waals surface area contributed by atoms with Crippen LogP contribution in [-0.2, 0) is 4.79 Å². The average Bonchev–Trinajstić information content (AvgIpc) is 2.48. The minimum Gasteiger partial charge on any atom is -0.507 e. The van der Waals surface area contributed by atoms with Crippen LogP contribution in [0.2, 0.25) is 0 Å². The molecule has 0 bridgehead atoms. The Bertz CT molecular complexity index is 525. The van der Waals surface area contributed by atoms with Gasteiger partial charge in [-0.2, -0.15) is 0 Å². The van der Waals surface area contributed by atoms with Crippen LogP contribution < -0.4 is 5.32 Å². The van der Waals surface area contributed by atoms with E-state index in [1.54, 1.807) is 24.1 Å². The molecular formula is C14H17BrN2O3. The van der Waals surface area contributed by atoms with Crippen LogP contribution >= 0.6 is 15.9 Å². The maximum atomic E-state index is 12.4. The number of hydrogen-bond donors (Lipinski definition) is 2. The smallest absolute Gasteiger partial charge is 0.257 e. The summed E-state index contributed by atoms with van der Waals surface area (Å²) in [6.45, 7) is 1.06. The summed E-state index contributed by atoms with van der Waals surface area (Å²) in [5.74, 6) is -0.215. The molecule has 1 heterocycles. The van der Waals surface area contributed by atoms with E-state index in [-0.39, 0.29) is 29.0 Å². The molecule has 1 aliphatic heterocycles. The molecular weight excluding hydrogens is 324 g/mol. The Morgan fingerprint density at radius 1 is 1.35 bits per heavy atom. The Morgan fingerprint density at radius 3 is 2.60 bits per heavy atom. The second kappa shape index (κ2) is 6.26. The van der Waals surface area contributed by atoms with Crippen molar-refractivity contribution >= 4 is 27.7 Å². The van der Waals surface area contributed by atoms with Crippen LogP contribution in [0.25, 0.3) is 0 Å². The number of phenolic OH excluding ortho intramolecular Hbond substituents is 1. The maximum Gasteiger partial charge on any atom is 0.257 e. The van der Waals surface area contributed by atoms with Gasteiger partial charge in [-0.15, -0.1) is 0 Å². The van der Waals surface area contributed by atoms with Gasteiger partial charge in [0, 0.05) is 30.5 Å². The molecule has 1 saturated heterocycles. The Morgan fingerprint density at radius 2 is 2.00 bits per heavy atom. The van der Waals surface area contributed by atoms with Crippen molar-refractivity contribution in [3.63, 3.8) is 0 Å². The van der Waals surface area contributed by atoms with E-state index in [4.69, 9.17) is 0 Å². The minimum atomic E-state index is -0.195. The lowest BCUT2D eigenvalue weighted by Crippen LogP contribution is -2.42. The van der Waals surface area contributed by atoms with Gasteiger partial charge in [0.1, 0.15) is 5.75 Å². The molecule has 1 fully saturated rings. The molecule has 2 amide bonds.